The fourth-order valence-corrected chi connectivity index (χ4v) is 9.39. The van der Waals surface area contributed by atoms with Crippen molar-refractivity contribution in [3.05, 3.63) is 228 Å². The van der Waals surface area contributed by atoms with Crippen LogP contribution >= 0.6 is 0 Å². The Morgan fingerprint density at radius 3 is 1.15 bits per heavy atom. The molecule has 0 bridgehead atoms. The molecule has 17 nitrogen and oxygen atoms in total. The van der Waals surface area contributed by atoms with E-state index >= 15 is 0 Å². The van der Waals surface area contributed by atoms with Gasteiger partial charge < -0.3 is 47.4 Å². The molecular weight excluding hydrogens is 1170 g/mol. The number of carbonyl (C=O) groups excluding carboxylic acids is 6. The molecule has 1 saturated heterocycles. The summed E-state index contributed by atoms with van der Waals surface area (Å²) in [6.45, 7) is 19.5. The summed E-state index contributed by atoms with van der Waals surface area (Å²) >= 11 is 0. The first-order valence-corrected chi connectivity index (χ1v) is 30.3. The summed E-state index contributed by atoms with van der Waals surface area (Å²) in [5.41, 5.74) is 2.97. The average Bonchev–Trinajstić information content (AvgIpc) is 0.855. The smallest absolute Gasteiger partial charge is 0.343 e. The highest BCUT2D eigenvalue weighted by Crippen LogP contribution is 2.46. The first-order chi connectivity index (χ1) is 44.7. The number of carbonyl (C=O) groups is 6. The summed E-state index contributed by atoms with van der Waals surface area (Å²) in [4.78, 5) is 79.1. The van der Waals surface area contributed by atoms with Crippen molar-refractivity contribution in [2.75, 3.05) is 46.2 Å². The monoisotopic (exact) mass is 1240 g/mol. The third-order valence-corrected chi connectivity index (χ3v) is 15.5. The van der Waals surface area contributed by atoms with E-state index in [0.717, 1.165) is 34.4 Å². The Morgan fingerprint density at radius 1 is 0.435 bits per heavy atom. The molecule has 1 aliphatic heterocycles. The van der Waals surface area contributed by atoms with Gasteiger partial charge in [0.25, 0.3) is 0 Å². The number of hydrogen-bond donors (Lipinski definition) is 0. The molecule has 0 amide bonds. The molecule has 470 valence electrons. The van der Waals surface area contributed by atoms with Gasteiger partial charge in [0.05, 0.1) is 65.9 Å². The van der Waals surface area contributed by atoms with E-state index in [4.69, 9.17) is 53.9 Å². The predicted molar refractivity (Wildman–Crippen MR) is 346 cm³/mol. The summed E-state index contributed by atoms with van der Waals surface area (Å²) in [5.74, 6) is -0.154. The molecular formula is C75H69NO16. The quantitative estimate of drug-likeness (QED) is 0.0226. The maximum absolute atomic E-state index is 13.6. The van der Waals surface area contributed by atoms with Gasteiger partial charge in [-0.2, -0.15) is 0 Å². The van der Waals surface area contributed by atoms with Gasteiger partial charge >= 0.3 is 35.8 Å². The molecule has 0 N–H and O–H groups in total. The molecule has 0 radical (unpaired) electrons. The average molecular weight is 1240 g/mol. The fraction of sp³-hybridized carbons (Fsp3) is 0.240. The molecule has 2 unspecified atom stereocenters. The standard InChI is InChI=1S/C42H33NO7.C33H36O9/c1-4-27(2)40(44)48-26-25-47-33-21-15-31(16-22-33)42(46)50-37-24-18-29-10-6-8-12-35(29)39(37)38-34-11-7-5-9-28(34)17-23-36(38)49-41(45)30-13-19-32(43-3)20-14-30;1-4-23(3)30(34)39-19-18-38-26-10-6-24(7-11-26)31(35)41-28-14-16-29(17-15-28)42-32(36)25-8-12-27(13-9-25)40-22-33(5-2)20-37-21-33/h5-24,27H,4,25-26H2,1-2H3;6-17,23H,4-5,18-22H2,1-3H3. The van der Waals surface area contributed by atoms with E-state index < -0.39 is 23.9 Å². The third-order valence-electron chi connectivity index (χ3n) is 15.5. The van der Waals surface area contributed by atoms with Crippen LogP contribution in [0, 0.1) is 23.8 Å². The molecule has 0 spiro atoms. The van der Waals surface area contributed by atoms with Crippen LogP contribution in [0.2, 0.25) is 0 Å². The van der Waals surface area contributed by atoms with E-state index in [-0.39, 0.29) is 67.1 Å². The lowest BCUT2D eigenvalue weighted by Gasteiger charge is -2.40. The minimum Gasteiger partial charge on any atom is -0.493 e. The van der Waals surface area contributed by atoms with Gasteiger partial charge in [-0.1, -0.05) is 120 Å². The van der Waals surface area contributed by atoms with E-state index in [0.29, 0.717) is 94.1 Å². The summed E-state index contributed by atoms with van der Waals surface area (Å²) in [5, 5.41) is 3.40. The maximum Gasteiger partial charge on any atom is 0.343 e. The van der Waals surface area contributed by atoms with Crippen molar-refractivity contribution < 1.29 is 76.1 Å². The molecule has 9 aromatic rings. The van der Waals surface area contributed by atoms with E-state index in [2.05, 4.69) is 11.8 Å². The first kappa shape index (κ1) is 65.6. The highest BCUT2D eigenvalue weighted by atomic mass is 16.6. The molecule has 10 rings (SSSR count). The van der Waals surface area contributed by atoms with Crippen LogP contribution in [0.1, 0.15) is 95.3 Å². The van der Waals surface area contributed by atoms with E-state index in [1.165, 1.54) is 0 Å². The fourth-order valence-electron chi connectivity index (χ4n) is 9.39. The number of rotatable bonds is 25. The summed E-state index contributed by atoms with van der Waals surface area (Å²) in [6, 6.07) is 54.9. The van der Waals surface area contributed by atoms with Gasteiger partial charge in [0.2, 0.25) is 0 Å². The normalized spacial score (nSPS) is 12.7. The lowest BCUT2D eigenvalue weighted by molar-refractivity contribution is -0.149. The highest BCUT2D eigenvalue weighted by molar-refractivity contribution is 6.11. The molecule has 0 saturated carbocycles. The van der Waals surface area contributed by atoms with Crippen molar-refractivity contribution in [2.24, 2.45) is 17.3 Å². The summed E-state index contributed by atoms with van der Waals surface area (Å²) < 4.78 is 55.9. The van der Waals surface area contributed by atoms with E-state index in [1.54, 1.807) is 133 Å². The molecule has 1 heterocycles. The predicted octanol–water partition coefficient (Wildman–Crippen LogP) is 15.5. The summed E-state index contributed by atoms with van der Waals surface area (Å²) in [7, 11) is 0. The van der Waals surface area contributed by atoms with E-state index in [1.807, 2.05) is 88.4 Å². The zero-order valence-corrected chi connectivity index (χ0v) is 51.7. The lowest BCUT2D eigenvalue weighted by atomic mass is 9.84. The Kier molecular flexibility index (Phi) is 22.5. The van der Waals surface area contributed by atoms with Crippen LogP contribution in [-0.4, -0.2) is 82.1 Å². The topological polar surface area (TPSA) is 199 Å². The SMILES string of the molecule is CCC(C)C(=O)OCCOc1ccc(C(=O)Oc2ccc(OC(=O)c3ccc(OCC4(CC)COC4)cc3)cc2)cc1.[C-]#[N+]c1ccc(C(=O)Oc2ccc3ccccc3c2-c2c(OC(=O)c3ccc(OCCOC(=O)C(C)CC)cc3)ccc3ccccc23)cc1. The molecule has 0 aromatic heterocycles. The van der Waals surface area contributed by atoms with Crippen LogP contribution in [0.4, 0.5) is 5.69 Å². The van der Waals surface area contributed by atoms with Crippen molar-refractivity contribution >= 4 is 63.0 Å². The van der Waals surface area contributed by atoms with Crippen molar-refractivity contribution in [3.63, 3.8) is 0 Å². The largest absolute Gasteiger partial charge is 0.493 e. The van der Waals surface area contributed by atoms with E-state index in [9.17, 15) is 28.8 Å². The molecule has 9 aromatic carbocycles. The summed E-state index contributed by atoms with van der Waals surface area (Å²) in [6.07, 6.45) is 2.41. The van der Waals surface area contributed by atoms with Gasteiger partial charge in [0.1, 0.15) is 66.7 Å². The zero-order valence-electron chi connectivity index (χ0n) is 51.7. The molecule has 0 aliphatic carbocycles. The third kappa shape index (κ3) is 17.1. The van der Waals surface area contributed by atoms with Crippen molar-refractivity contribution in [1.29, 1.82) is 0 Å². The van der Waals surface area contributed by atoms with Crippen molar-refractivity contribution in [2.45, 2.75) is 53.9 Å². The van der Waals surface area contributed by atoms with Crippen LogP contribution in [0.3, 0.4) is 0 Å². The van der Waals surface area contributed by atoms with Crippen molar-refractivity contribution in [1.82, 2.24) is 0 Å². The van der Waals surface area contributed by atoms with Crippen molar-refractivity contribution in [3.8, 4) is 51.4 Å². The van der Waals surface area contributed by atoms with Gasteiger partial charge in [-0.3, -0.25) is 9.59 Å². The Bertz CT molecular complexity index is 4070. The number of esters is 6. The lowest BCUT2D eigenvalue weighted by Crippen LogP contribution is -2.46. The van der Waals surface area contributed by atoms with Crippen LogP contribution in [0.5, 0.6) is 40.2 Å². The molecule has 92 heavy (non-hydrogen) atoms. The minimum atomic E-state index is -0.590. The zero-order chi connectivity index (χ0) is 65.0. The highest BCUT2D eigenvalue weighted by Gasteiger charge is 2.37. The molecule has 2 atom stereocenters. The number of nitrogens with zero attached hydrogens (tertiary/aromatic N) is 1. The second kappa shape index (κ2) is 31.6. The van der Waals surface area contributed by atoms with Crippen LogP contribution in [0.25, 0.3) is 37.5 Å². The Hall–Kier alpha value is -10.8. The van der Waals surface area contributed by atoms with Gasteiger partial charge in [0, 0.05) is 11.1 Å². The molecule has 17 heteroatoms. The molecule has 1 aliphatic rings. The second-order valence-electron chi connectivity index (χ2n) is 21.9. The number of hydrogen-bond acceptors (Lipinski definition) is 16. The number of ether oxygens (including phenoxy) is 10. The van der Waals surface area contributed by atoms with Gasteiger partial charge in [-0.05, 0) is 150 Å². The minimum absolute atomic E-state index is 0.0738. The first-order valence-electron chi connectivity index (χ1n) is 30.3. The maximum atomic E-state index is 13.6. The van der Waals surface area contributed by atoms with Gasteiger partial charge in [-0.25, -0.2) is 24.0 Å². The molecule has 1 fully saturated rings. The Morgan fingerprint density at radius 2 is 0.793 bits per heavy atom. The van der Waals surface area contributed by atoms with Gasteiger partial charge in [-0.15, -0.1) is 0 Å². The van der Waals surface area contributed by atoms with Crippen LogP contribution < -0.4 is 33.2 Å². The Labute approximate surface area is 533 Å². The second-order valence-corrected chi connectivity index (χ2v) is 21.9. The van der Waals surface area contributed by atoms with Crippen LogP contribution in [-0.2, 0) is 23.8 Å². The van der Waals surface area contributed by atoms with Crippen LogP contribution in [0.15, 0.2) is 194 Å². The number of fused-ring (bicyclic) bond motifs is 2. The Balaban J connectivity index is 0.000000221. The number of benzene rings is 9. The van der Waals surface area contributed by atoms with Gasteiger partial charge in [0.15, 0.2) is 5.69 Å².